The highest BCUT2D eigenvalue weighted by molar-refractivity contribution is 5.29. The minimum atomic E-state index is -4.48. The van der Waals surface area contributed by atoms with Crippen molar-refractivity contribution in [3.05, 3.63) is 29.8 Å². The Bertz CT molecular complexity index is 703. The third-order valence-corrected chi connectivity index (χ3v) is 6.78. The average Bonchev–Trinajstić information content (AvgIpc) is 3.19. The smallest absolute Gasteiger partial charge is 0.428 e. The van der Waals surface area contributed by atoms with Gasteiger partial charge in [0.15, 0.2) is 0 Å². The van der Waals surface area contributed by atoms with Gasteiger partial charge in [0.25, 0.3) is 0 Å². The van der Waals surface area contributed by atoms with Gasteiger partial charge in [-0.2, -0.15) is 17.6 Å². The zero-order valence-electron chi connectivity index (χ0n) is 17.8. The fraction of sp³-hybridized carbons (Fsp3) is 0.739. The van der Waals surface area contributed by atoms with E-state index in [9.17, 15) is 17.6 Å². The van der Waals surface area contributed by atoms with Crippen molar-refractivity contribution in [3.63, 3.8) is 0 Å². The predicted molar refractivity (Wildman–Crippen MR) is 109 cm³/mol. The number of halogens is 4. The van der Waals surface area contributed by atoms with Gasteiger partial charge < -0.3 is 14.4 Å². The molecule has 3 aliphatic rings. The minimum Gasteiger partial charge on any atom is -0.428 e. The fourth-order valence-corrected chi connectivity index (χ4v) is 5.07. The van der Waals surface area contributed by atoms with Crippen molar-refractivity contribution in [1.82, 2.24) is 9.80 Å². The molecule has 1 aromatic rings. The van der Waals surface area contributed by atoms with E-state index in [1.807, 2.05) is 0 Å². The second-order valence-electron chi connectivity index (χ2n) is 9.13. The van der Waals surface area contributed by atoms with Crippen LogP contribution in [0.25, 0.3) is 0 Å². The van der Waals surface area contributed by atoms with Crippen LogP contribution in [0.2, 0.25) is 0 Å². The van der Waals surface area contributed by atoms with E-state index in [-0.39, 0.29) is 5.75 Å². The maximum atomic E-state index is 13.1. The third kappa shape index (κ3) is 6.11. The van der Waals surface area contributed by atoms with Gasteiger partial charge in [0, 0.05) is 32.8 Å². The molecule has 174 valence electrons. The lowest BCUT2D eigenvalue weighted by atomic mass is 10.1. The normalized spacial score (nSPS) is 26.9. The summed E-state index contributed by atoms with van der Waals surface area (Å²) in [7, 11) is 0. The Kier molecular flexibility index (Phi) is 7.39. The van der Waals surface area contributed by atoms with Crippen LogP contribution in [0, 0.1) is 17.8 Å². The Balaban J connectivity index is 1.12. The fourth-order valence-electron chi connectivity index (χ4n) is 5.07. The van der Waals surface area contributed by atoms with Gasteiger partial charge in [-0.05, 0) is 67.8 Å². The molecule has 0 amide bonds. The Morgan fingerprint density at radius 3 is 2.48 bits per heavy atom. The van der Waals surface area contributed by atoms with E-state index in [4.69, 9.17) is 4.74 Å². The van der Waals surface area contributed by atoms with Crippen LogP contribution in [0.15, 0.2) is 24.3 Å². The molecule has 1 saturated carbocycles. The lowest BCUT2D eigenvalue weighted by Gasteiger charge is -2.26. The second-order valence-corrected chi connectivity index (χ2v) is 9.13. The standard InChI is InChI=1S/C23H32F4N2O2/c24-22(25)23(26,27)31-18-7-4-6-17(12-18)13-29-14-19-20(15-29)21(19)16-30-11-5-10-28-8-2-1-3-9-28/h4,6-7,12,19-22H,1-3,5,8-11,13-16H2/t19-,20+,21-. The highest BCUT2D eigenvalue weighted by Crippen LogP contribution is 2.52. The quantitative estimate of drug-likeness (QED) is 0.371. The largest absolute Gasteiger partial charge is 0.461 e. The monoisotopic (exact) mass is 444 g/mol. The van der Waals surface area contributed by atoms with E-state index < -0.39 is 12.5 Å². The van der Waals surface area contributed by atoms with Crippen LogP contribution in [0.3, 0.4) is 0 Å². The number of ether oxygens (including phenoxy) is 2. The number of nitrogens with zero attached hydrogens (tertiary/aromatic N) is 2. The molecule has 2 aliphatic heterocycles. The van der Waals surface area contributed by atoms with E-state index in [0.29, 0.717) is 24.3 Å². The van der Waals surface area contributed by atoms with Crippen molar-refractivity contribution < 1.29 is 27.0 Å². The Morgan fingerprint density at radius 2 is 1.77 bits per heavy atom. The molecule has 31 heavy (non-hydrogen) atoms. The summed E-state index contributed by atoms with van der Waals surface area (Å²) >= 11 is 0. The van der Waals surface area contributed by atoms with Crippen LogP contribution < -0.4 is 4.74 Å². The van der Waals surface area contributed by atoms with Crippen molar-refractivity contribution in [2.45, 2.75) is 44.8 Å². The first-order valence-corrected chi connectivity index (χ1v) is 11.4. The SMILES string of the molecule is FC(F)C(F)(F)Oc1cccc(CN2C[C@@H]3[C@H](COCCCN4CCCCC4)[C@@H]3C2)c1. The molecule has 0 spiro atoms. The molecule has 8 heteroatoms. The Morgan fingerprint density at radius 1 is 1.03 bits per heavy atom. The van der Waals surface area contributed by atoms with Crippen LogP contribution in [-0.2, 0) is 11.3 Å². The number of hydrogen-bond acceptors (Lipinski definition) is 4. The van der Waals surface area contributed by atoms with Gasteiger partial charge >= 0.3 is 12.5 Å². The number of hydrogen-bond donors (Lipinski definition) is 0. The first kappa shape index (κ1) is 22.8. The summed E-state index contributed by atoms with van der Waals surface area (Å²) in [4.78, 5) is 4.82. The molecule has 4 rings (SSSR count). The molecule has 2 saturated heterocycles. The van der Waals surface area contributed by atoms with Gasteiger partial charge in [0.1, 0.15) is 5.75 Å². The van der Waals surface area contributed by atoms with E-state index in [1.165, 1.54) is 44.5 Å². The molecule has 0 bridgehead atoms. The van der Waals surface area contributed by atoms with Crippen molar-refractivity contribution in [2.75, 3.05) is 45.9 Å². The average molecular weight is 445 g/mol. The molecule has 3 atom stereocenters. The number of rotatable bonds is 11. The van der Waals surface area contributed by atoms with Gasteiger partial charge in [-0.25, -0.2) is 0 Å². The van der Waals surface area contributed by atoms with Crippen LogP contribution in [0.5, 0.6) is 5.75 Å². The van der Waals surface area contributed by atoms with Gasteiger partial charge in [-0.1, -0.05) is 18.6 Å². The number of piperidine rings is 2. The maximum Gasteiger partial charge on any atom is 0.461 e. The van der Waals surface area contributed by atoms with Crippen LogP contribution >= 0.6 is 0 Å². The van der Waals surface area contributed by atoms with Crippen LogP contribution in [0.4, 0.5) is 17.6 Å². The van der Waals surface area contributed by atoms with Gasteiger partial charge in [0.2, 0.25) is 0 Å². The molecule has 1 aromatic carbocycles. The van der Waals surface area contributed by atoms with E-state index in [1.54, 1.807) is 12.1 Å². The van der Waals surface area contributed by atoms with E-state index in [2.05, 4.69) is 14.5 Å². The third-order valence-electron chi connectivity index (χ3n) is 6.78. The van der Waals surface area contributed by atoms with Gasteiger partial charge in [-0.15, -0.1) is 0 Å². The predicted octanol–water partition coefficient (Wildman–Crippen LogP) is 4.49. The number of likely N-dealkylation sites (tertiary alicyclic amines) is 2. The highest BCUT2D eigenvalue weighted by atomic mass is 19.3. The summed E-state index contributed by atoms with van der Waals surface area (Å²) in [6, 6.07) is 6.06. The zero-order chi connectivity index (χ0) is 21.8. The highest BCUT2D eigenvalue weighted by Gasteiger charge is 2.55. The first-order valence-electron chi connectivity index (χ1n) is 11.4. The lowest BCUT2D eigenvalue weighted by molar-refractivity contribution is -0.253. The molecular formula is C23H32F4N2O2. The summed E-state index contributed by atoms with van der Waals surface area (Å²) < 4.78 is 61.0. The number of fused-ring (bicyclic) bond motifs is 1. The minimum absolute atomic E-state index is 0.233. The summed E-state index contributed by atoms with van der Waals surface area (Å²) in [6.07, 6.45) is -3.23. The van der Waals surface area contributed by atoms with Crippen LogP contribution in [-0.4, -0.2) is 68.3 Å². The molecule has 0 aromatic heterocycles. The summed E-state index contributed by atoms with van der Waals surface area (Å²) in [5, 5.41) is 0. The molecule has 4 nitrogen and oxygen atoms in total. The molecule has 1 aliphatic carbocycles. The molecule has 3 fully saturated rings. The molecular weight excluding hydrogens is 412 g/mol. The Labute approximate surface area is 181 Å². The summed E-state index contributed by atoms with van der Waals surface area (Å²) in [5.41, 5.74) is 0.786. The van der Waals surface area contributed by atoms with Crippen molar-refractivity contribution in [1.29, 1.82) is 0 Å². The van der Waals surface area contributed by atoms with Crippen molar-refractivity contribution in [3.8, 4) is 5.75 Å². The van der Waals surface area contributed by atoms with E-state index in [0.717, 1.165) is 44.8 Å². The van der Waals surface area contributed by atoms with Crippen molar-refractivity contribution in [2.24, 2.45) is 17.8 Å². The number of alkyl halides is 4. The molecule has 0 radical (unpaired) electrons. The zero-order valence-corrected chi connectivity index (χ0v) is 17.8. The molecule has 0 N–H and O–H groups in total. The first-order chi connectivity index (χ1) is 14.9. The van der Waals surface area contributed by atoms with Crippen molar-refractivity contribution >= 4 is 0 Å². The Hall–Kier alpha value is -1.38. The molecule has 2 heterocycles. The second kappa shape index (κ2) is 10.0. The summed E-state index contributed by atoms with van der Waals surface area (Å²) in [6.45, 7) is 7.78. The van der Waals surface area contributed by atoms with E-state index >= 15 is 0 Å². The maximum absolute atomic E-state index is 13.1. The topological polar surface area (TPSA) is 24.9 Å². The lowest BCUT2D eigenvalue weighted by Crippen LogP contribution is -2.33. The molecule has 0 unspecified atom stereocenters. The summed E-state index contributed by atoms with van der Waals surface area (Å²) in [5.74, 6) is 1.68. The van der Waals surface area contributed by atoms with Gasteiger partial charge in [0.05, 0.1) is 6.61 Å². The van der Waals surface area contributed by atoms with Crippen LogP contribution in [0.1, 0.15) is 31.2 Å². The van der Waals surface area contributed by atoms with Gasteiger partial charge in [-0.3, -0.25) is 4.90 Å². The number of benzene rings is 1.